The highest BCUT2D eigenvalue weighted by Gasteiger charge is 2.40. The zero-order valence-corrected chi connectivity index (χ0v) is 10.1. The largest absolute Gasteiger partial charge is 0.395 e. The zero-order chi connectivity index (χ0) is 11.0. The van der Waals surface area contributed by atoms with Crippen molar-refractivity contribution in [3.8, 4) is 0 Å². The van der Waals surface area contributed by atoms with Gasteiger partial charge in [-0.05, 0) is 51.2 Å². The number of nitrogens with zero attached hydrogens (tertiary/aromatic N) is 2. The first-order valence-corrected chi connectivity index (χ1v) is 6.97. The molecule has 3 heteroatoms. The molecule has 2 atom stereocenters. The van der Waals surface area contributed by atoms with Gasteiger partial charge in [-0.3, -0.25) is 4.90 Å². The molecule has 4 aliphatic rings. The van der Waals surface area contributed by atoms with Crippen molar-refractivity contribution in [3.63, 3.8) is 0 Å². The van der Waals surface area contributed by atoms with Crippen LogP contribution in [0, 0.1) is 5.92 Å². The number of likely N-dealkylation sites (tertiary alicyclic amines) is 1. The fourth-order valence-corrected chi connectivity index (χ4v) is 3.97. The highest BCUT2D eigenvalue weighted by molar-refractivity contribution is 4.95. The molecule has 0 spiro atoms. The summed E-state index contributed by atoms with van der Waals surface area (Å²) in [5, 5.41) is 9.51. The predicted molar refractivity (Wildman–Crippen MR) is 64.4 cm³/mol. The van der Waals surface area contributed by atoms with Crippen molar-refractivity contribution < 1.29 is 5.11 Å². The average Bonchev–Trinajstić information content (AvgIpc) is 2.40. The van der Waals surface area contributed by atoms with Gasteiger partial charge in [-0.1, -0.05) is 6.42 Å². The van der Waals surface area contributed by atoms with Crippen LogP contribution in [0.25, 0.3) is 0 Å². The summed E-state index contributed by atoms with van der Waals surface area (Å²) in [6.45, 7) is 5.49. The van der Waals surface area contributed by atoms with E-state index in [0.717, 1.165) is 12.0 Å². The molecule has 4 heterocycles. The first-order chi connectivity index (χ1) is 7.88. The van der Waals surface area contributed by atoms with Crippen LogP contribution >= 0.6 is 0 Å². The van der Waals surface area contributed by atoms with Gasteiger partial charge in [0, 0.05) is 18.6 Å². The minimum absolute atomic E-state index is 0.364. The molecular weight excluding hydrogens is 200 g/mol. The minimum Gasteiger partial charge on any atom is -0.395 e. The maximum absolute atomic E-state index is 9.51. The Bertz CT molecular complexity index is 233. The second-order valence-electron chi connectivity index (χ2n) is 5.78. The van der Waals surface area contributed by atoms with Crippen LogP contribution in [0.5, 0.6) is 0 Å². The van der Waals surface area contributed by atoms with Crippen LogP contribution in [0.3, 0.4) is 0 Å². The molecule has 1 N–H and O–H groups in total. The summed E-state index contributed by atoms with van der Waals surface area (Å²) in [4.78, 5) is 5.26. The molecule has 0 aromatic heterocycles. The fourth-order valence-electron chi connectivity index (χ4n) is 3.97. The van der Waals surface area contributed by atoms with E-state index >= 15 is 0 Å². The van der Waals surface area contributed by atoms with Crippen LogP contribution in [0.2, 0.25) is 0 Å². The van der Waals surface area contributed by atoms with Gasteiger partial charge < -0.3 is 10.0 Å². The predicted octanol–water partition coefficient (Wildman–Crippen LogP) is 0.927. The van der Waals surface area contributed by atoms with Gasteiger partial charge in [0.05, 0.1) is 6.61 Å². The third kappa shape index (κ3) is 1.89. The maximum Gasteiger partial charge on any atom is 0.0586 e. The molecule has 4 rings (SSSR count). The lowest BCUT2D eigenvalue weighted by Gasteiger charge is -2.52. The topological polar surface area (TPSA) is 26.7 Å². The van der Waals surface area contributed by atoms with Gasteiger partial charge in [0.25, 0.3) is 0 Å². The van der Waals surface area contributed by atoms with E-state index in [0.29, 0.717) is 12.6 Å². The molecule has 3 nitrogen and oxygen atoms in total. The second-order valence-corrected chi connectivity index (χ2v) is 5.78. The molecule has 0 radical (unpaired) electrons. The zero-order valence-electron chi connectivity index (χ0n) is 10.1. The standard InChI is InChI=1S/C13H24N2O/c16-10-12-3-1-2-6-15(12)13-9-14-7-4-11(13)5-8-14/h11-13,16H,1-10H2. The molecular formula is C13H24N2O. The number of aliphatic hydroxyl groups excluding tert-OH is 1. The van der Waals surface area contributed by atoms with E-state index in [1.165, 1.54) is 58.3 Å². The van der Waals surface area contributed by atoms with Crippen LogP contribution < -0.4 is 0 Å². The van der Waals surface area contributed by atoms with Crippen LogP contribution in [-0.2, 0) is 0 Å². The molecule has 0 amide bonds. The SMILES string of the molecule is OCC1CCCCN1C1CN2CCC1CC2. The summed E-state index contributed by atoms with van der Waals surface area (Å²) in [5.74, 6) is 0.914. The van der Waals surface area contributed by atoms with Crippen molar-refractivity contribution in [1.82, 2.24) is 9.80 Å². The Balaban J connectivity index is 1.70. The van der Waals surface area contributed by atoms with E-state index in [9.17, 15) is 5.11 Å². The van der Waals surface area contributed by atoms with Crippen molar-refractivity contribution in [2.24, 2.45) is 5.92 Å². The van der Waals surface area contributed by atoms with Crippen LogP contribution in [0.15, 0.2) is 0 Å². The number of hydrogen-bond donors (Lipinski definition) is 1. The van der Waals surface area contributed by atoms with Crippen molar-refractivity contribution >= 4 is 0 Å². The highest BCUT2D eigenvalue weighted by atomic mass is 16.3. The maximum atomic E-state index is 9.51. The molecule has 0 aromatic rings. The number of aliphatic hydroxyl groups is 1. The smallest absolute Gasteiger partial charge is 0.0586 e. The lowest BCUT2D eigenvalue weighted by molar-refractivity contribution is -0.0382. The summed E-state index contributed by atoms with van der Waals surface area (Å²) >= 11 is 0. The van der Waals surface area contributed by atoms with Gasteiger partial charge in [0.15, 0.2) is 0 Å². The van der Waals surface area contributed by atoms with Crippen LogP contribution in [0.1, 0.15) is 32.1 Å². The molecule has 2 unspecified atom stereocenters. The Hall–Kier alpha value is -0.120. The number of rotatable bonds is 2. The Morgan fingerprint density at radius 3 is 2.44 bits per heavy atom. The van der Waals surface area contributed by atoms with Gasteiger partial charge in [-0.15, -0.1) is 0 Å². The first-order valence-electron chi connectivity index (χ1n) is 6.97. The molecule has 0 aromatic carbocycles. The highest BCUT2D eigenvalue weighted by Crippen LogP contribution is 2.33. The number of hydrogen-bond acceptors (Lipinski definition) is 3. The Morgan fingerprint density at radius 1 is 1.00 bits per heavy atom. The summed E-state index contributed by atoms with van der Waals surface area (Å²) in [7, 11) is 0. The fraction of sp³-hybridized carbons (Fsp3) is 1.00. The van der Waals surface area contributed by atoms with E-state index in [1.54, 1.807) is 0 Å². The van der Waals surface area contributed by atoms with Gasteiger partial charge in [-0.2, -0.15) is 0 Å². The number of fused-ring (bicyclic) bond motifs is 3. The molecule has 92 valence electrons. The molecule has 4 aliphatic heterocycles. The number of piperidine rings is 4. The Morgan fingerprint density at radius 2 is 1.81 bits per heavy atom. The van der Waals surface area contributed by atoms with Crippen molar-refractivity contribution in [2.75, 3.05) is 32.8 Å². The second kappa shape index (κ2) is 4.63. The lowest BCUT2D eigenvalue weighted by Crippen LogP contribution is -2.61. The van der Waals surface area contributed by atoms with Gasteiger partial charge in [0.1, 0.15) is 0 Å². The molecule has 0 aliphatic carbocycles. The van der Waals surface area contributed by atoms with Crippen molar-refractivity contribution in [1.29, 1.82) is 0 Å². The molecule has 4 fully saturated rings. The third-order valence-corrected chi connectivity index (χ3v) is 4.93. The molecule has 0 saturated carbocycles. The monoisotopic (exact) mass is 224 g/mol. The van der Waals surface area contributed by atoms with Crippen molar-refractivity contribution in [2.45, 2.75) is 44.2 Å². The van der Waals surface area contributed by atoms with Gasteiger partial charge >= 0.3 is 0 Å². The summed E-state index contributed by atoms with van der Waals surface area (Å²) in [6.07, 6.45) is 6.63. The van der Waals surface area contributed by atoms with Crippen LogP contribution in [-0.4, -0.2) is 59.8 Å². The lowest BCUT2D eigenvalue weighted by atomic mass is 9.81. The summed E-state index contributed by atoms with van der Waals surface area (Å²) < 4.78 is 0. The summed E-state index contributed by atoms with van der Waals surface area (Å²) in [5.41, 5.74) is 0. The quantitative estimate of drug-likeness (QED) is 0.756. The Kier molecular flexibility index (Phi) is 3.18. The average molecular weight is 224 g/mol. The first kappa shape index (κ1) is 11.0. The molecule has 16 heavy (non-hydrogen) atoms. The minimum atomic E-state index is 0.364. The Labute approximate surface area is 98.4 Å². The third-order valence-electron chi connectivity index (χ3n) is 4.93. The molecule has 4 saturated heterocycles. The van der Waals surface area contributed by atoms with E-state index in [-0.39, 0.29) is 0 Å². The van der Waals surface area contributed by atoms with E-state index in [1.807, 2.05) is 0 Å². The van der Waals surface area contributed by atoms with E-state index < -0.39 is 0 Å². The van der Waals surface area contributed by atoms with E-state index in [2.05, 4.69) is 9.80 Å². The summed E-state index contributed by atoms with van der Waals surface area (Å²) in [6, 6.07) is 1.21. The van der Waals surface area contributed by atoms with E-state index in [4.69, 9.17) is 0 Å². The van der Waals surface area contributed by atoms with Gasteiger partial charge in [0.2, 0.25) is 0 Å². The van der Waals surface area contributed by atoms with Gasteiger partial charge in [-0.25, -0.2) is 0 Å². The van der Waals surface area contributed by atoms with Crippen molar-refractivity contribution in [3.05, 3.63) is 0 Å². The normalized spacial score (nSPS) is 44.8. The molecule has 2 bridgehead atoms. The van der Waals surface area contributed by atoms with Crippen LogP contribution in [0.4, 0.5) is 0 Å².